The van der Waals surface area contributed by atoms with Gasteiger partial charge in [-0.1, -0.05) is 30.3 Å². The number of likely N-dealkylation sites (tertiary alicyclic amines) is 1. The molecule has 0 spiro atoms. The van der Waals surface area contributed by atoms with Crippen LogP contribution >= 0.6 is 0 Å². The van der Waals surface area contributed by atoms with E-state index in [4.69, 9.17) is 4.74 Å². The lowest BCUT2D eigenvalue weighted by atomic mass is 9.97. The first-order valence-corrected chi connectivity index (χ1v) is 9.52. The van der Waals surface area contributed by atoms with Crippen molar-refractivity contribution in [2.24, 2.45) is 5.92 Å². The number of hydrogen-bond donors (Lipinski definition) is 1. The minimum absolute atomic E-state index is 0.0797. The van der Waals surface area contributed by atoms with E-state index < -0.39 is 0 Å². The molecule has 2 aromatic rings. The quantitative estimate of drug-likeness (QED) is 0.810. The van der Waals surface area contributed by atoms with Crippen LogP contribution < -0.4 is 5.32 Å². The molecule has 0 radical (unpaired) electrons. The van der Waals surface area contributed by atoms with Crippen molar-refractivity contribution in [3.8, 4) is 11.1 Å². The molecule has 1 aliphatic heterocycles. The summed E-state index contributed by atoms with van der Waals surface area (Å²) in [7, 11) is 1.72. The van der Waals surface area contributed by atoms with Gasteiger partial charge in [0.05, 0.1) is 6.61 Å². The Bertz CT molecular complexity index is 748. The van der Waals surface area contributed by atoms with Crippen LogP contribution in [-0.4, -0.2) is 50.7 Å². The summed E-state index contributed by atoms with van der Waals surface area (Å²) in [6.07, 6.45) is 2.28. The Labute approximate surface area is 160 Å². The predicted octanol–water partition coefficient (Wildman–Crippen LogP) is 3.58. The molecule has 5 heteroatoms. The number of amides is 1. The first kappa shape index (κ1) is 19.5. The third kappa shape index (κ3) is 5.37. The number of carbonyl (C=O) groups is 1. The zero-order valence-electron chi connectivity index (χ0n) is 15.8. The molecule has 1 N–H and O–H groups in total. The molecular weight excluding hydrogens is 343 g/mol. The normalized spacial score (nSPS) is 17.6. The van der Waals surface area contributed by atoms with Gasteiger partial charge >= 0.3 is 0 Å². The van der Waals surface area contributed by atoms with Gasteiger partial charge in [-0.25, -0.2) is 4.39 Å². The average molecular weight is 370 g/mol. The van der Waals surface area contributed by atoms with E-state index in [1.807, 2.05) is 24.3 Å². The van der Waals surface area contributed by atoms with Gasteiger partial charge in [0.15, 0.2) is 0 Å². The van der Waals surface area contributed by atoms with E-state index in [2.05, 4.69) is 10.2 Å². The molecule has 1 fully saturated rings. The molecule has 0 unspecified atom stereocenters. The maximum atomic E-state index is 13.2. The molecule has 0 aromatic heterocycles. The number of carbonyl (C=O) groups excluding carboxylic acids is 1. The molecule has 144 valence electrons. The van der Waals surface area contributed by atoms with E-state index in [-0.39, 0.29) is 11.7 Å². The van der Waals surface area contributed by atoms with Crippen molar-refractivity contribution in [1.29, 1.82) is 0 Å². The zero-order chi connectivity index (χ0) is 19.1. The van der Waals surface area contributed by atoms with Gasteiger partial charge in [0.25, 0.3) is 5.91 Å². The van der Waals surface area contributed by atoms with Crippen LogP contribution in [0.5, 0.6) is 0 Å². The van der Waals surface area contributed by atoms with E-state index in [0.29, 0.717) is 18.0 Å². The SMILES string of the molecule is COCCN1CCC[C@H](CNC(=O)c2ccccc2-c2ccc(F)cc2)C1. The van der Waals surface area contributed by atoms with Crippen LogP contribution in [0.3, 0.4) is 0 Å². The second-order valence-corrected chi connectivity index (χ2v) is 7.06. The smallest absolute Gasteiger partial charge is 0.251 e. The third-order valence-electron chi connectivity index (χ3n) is 5.09. The van der Waals surface area contributed by atoms with E-state index in [9.17, 15) is 9.18 Å². The monoisotopic (exact) mass is 370 g/mol. The van der Waals surface area contributed by atoms with Gasteiger partial charge in [-0.05, 0) is 54.6 Å². The molecule has 3 rings (SSSR count). The van der Waals surface area contributed by atoms with E-state index in [0.717, 1.165) is 50.2 Å². The van der Waals surface area contributed by atoms with Gasteiger partial charge in [-0.2, -0.15) is 0 Å². The number of hydrogen-bond acceptors (Lipinski definition) is 3. The van der Waals surface area contributed by atoms with Crippen molar-refractivity contribution < 1.29 is 13.9 Å². The van der Waals surface area contributed by atoms with Crippen LogP contribution in [0.1, 0.15) is 23.2 Å². The van der Waals surface area contributed by atoms with Crippen molar-refractivity contribution >= 4 is 5.91 Å². The average Bonchev–Trinajstić information content (AvgIpc) is 2.71. The van der Waals surface area contributed by atoms with Crippen molar-refractivity contribution in [2.75, 3.05) is 39.9 Å². The van der Waals surface area contributed by atoms with Gasteiger partial charge in [-0.3, -0.25) is 4.79 Å². The van der Waals surface area contributed by atoms with Crippen LogP contribution in [0.4, 0.5) is 4.39 Å². The largest absolute Gasteiger partial charge is 0.383 e. The lowest BCUT2D eigenvalue weighted by Gasteiger charge is -2.32. The van der Waals surface area contributed by atoms with Gasteiger partial charge in [0.2, 0.25) is 0 Å². The number of rotatable bonds is 7. The van der Waals surface area contributed by atoms with Gasteiger partial charge in [-0.15, -0.1) is 0 Å². The van der Waals surface area contributed by atoms with Gasteiger partial charge in [0, 0.05) is 32.3 Å². The third-order valence-corrected chi connectivity index (χ3v) is 5.09. The molecule has 1 amide bonds. The molecule has 1 atom stereocenters. The molecule has 1 heterocycles. The number of methoxy groups -OCH3 is 1. The maximum absolute atomic E-state index is 13.2. The number of nitrogens with zero attached hydrogens (tertiary/aromatic N) is 1. The first-order chi connectivity index (χ1) is 13.2. The Morgan fingerprint density at radius 3 is 2.78 bits per heavy atom. The Morgan fingerprint density at radius 2 is 2.00 bits per heavy atom. The summed E-state index contributed by atoms with van der Waals surface area (Å²) >= 11 is 0. The minimum Gasteiger partial charge on any atom is -0.383 e. The first-order valence-electron chi connectivity index (χ1n) is 9.52. The molecule has 1 aliphatic rings. The van der Waals surface area contributed by atoms with E-state index >= 15 is 0 Å². The summed E-state index contributed by atoms with van der Waals surface area (Å²) in [4.78, 5) is 15.2. The minimum atomic E-state index is -0.281. The number of halogens is 1. The van der Waals surface area contributed by atoms with Crippen LogP contribution in [0.2, 0.25) is 0 Å². The molecular formula is C22H27FN2O2. The molecule has 2 aromatic carbocycles. The fourth-order valence-corrected chi connectivity index (χ4v) is 3.64. The number of piperidine rings is 1. The number of benzene rings is 2. The van der Waals surface area contributed by atoms with Gasteiger partial charge < -0.3 is 15.0 Å². The van der Waals surface area contributed by atoms with Crippen LogP contribution in [0, 0.1) is 11.7 Å². The molecule has 0 aliphatic carbocycles. The van der Waals surface area contributed by atoms with Crippen molar-refractivity contribution in [1.82, 2.24) is 10.2 Å². The summed E-state index contributed by atoms with van der Waals surface area (Å²) in [5, 5.41) is 3.10. The fourth-order valence-electron chi connectivity index (χ4n) is 3.64. The number of nitrogens with one attached hydrogen (secondary N) is 1. The predicted molar refractivity (Wildman–Crippen MR) is 105 cm³/mol. The maximum Gasteiger partial charge on any atom is 0.251 e. The highest BCUT2D eigenvalue weighted by atomic mass is 19.1. The second kappa shape index (κ2) is 9.62. The molecule has 0 saturated carbocycles. The standard InChI is InChI=1S/C22H27FN2O2/c1-27-14-13-25-12-4-5-17(16-25)15-24-22(26)21-7-3-2-6-20(21)18-8-10-19(23)11-9-18/h2-3,6-11,17H,4-5,12-16H2,1H3,(H,24,26)/t17-/m1/s1. The second-order valence-electron chi connectivity index (χ2n) is 7.06. The lowest BCUT2D eigenvalue weighted by molar-refractivity contribution is 0.0913. The summed E-state index contributed by atoms with van der Waals surface area (Å²) < 4.78 is 18.4. The summed E-state index contributed by atoms with van der Waals surface area (Å²) in [5.74, 6) is 0.0949. The summed E-state index contributed by atoms with van der Waals surface area (Å²) in [5.41, 5.74) is 2.28. The van der Waals surface area contributed by atoms with Crippen molar-refractivity contribution in [3.05, 3.63) is 59.9 Å². The number of ether oxygens (including phenoxy) is 1. The van der Waals surface area contributed by atoms with Crippen LogP contribution in [0.25, 0.3) is 11.1 Å². The van der Waals surface area contributed by atoms with E-state index in [1.165, 1.54) is 12.1 Å². The highest BCUT2D eigenvalue weighted by Gasteiger charge is 2.21. The lowest BCUT2D eigenvalue weighted by Crippen LogP contribution is -2.42. The Balaban J connectivity index is 1.62. The highest BCUT2D eigenvalue weighted by molar-refractivity contribution is 6.00. The fraction of sp³-hybridized carbons (Fsp3) is 0.409. The van der Waals surface area contributed by atoms with E-state index in [1.54, 1.807) is 19.2 Å². The molecule has 1 saturated heterocycles. The molecule has 4 nitrogen and oxygen atoms in total. The topological polar surface area (TPSA) is 41.6 Å². The van der Waals surface area contributed by atoms with Gasteiger partial charge in [0.1, 0.15) is 5.82 Å². The molecule has 27 heavy (non-hydrogen) atoms. The van der Waals surface area contributed by atoms with Crippen molar-refractivity contribution in [2.45, 2.75) is 12.8 Å². The Morgan fingerprint density at radius 1 is 1.22 bits per heavy atom. The van der Waals surface area contributed by atoms with Crippen LogP contribution in [0.15, 0.2) is 48.5 Å². The Kier molecular flexibility index (Phi) is 6.96. The summed E-state index contributed by atoms with van der Waals surface area (Å²) in [6, 6.07) is 13.7. The molecule has 0 bridgehead atoms. The summed E-state index contributed by atoms with van der Waals surface area (Å²) in [6.45, 7) is 4.43. The van der Waals surface area contributed by atoms with Crippen LogP contribution in [-0.2, 0) is 4.74 Å². The Hall–Kier alpha value is -2.24. The zero-order valence-corrected chi connectivity index (χ0v) is 15.8. The van der Waals surface area contributed by atoms with Crippen molar-refractivity contribution in [3.63, 3.8) is 0 Å². The highest BCUT2D eigenvalue weighted by Crippen LogP contribution is 2.24.